The molecule has 1 fully saturated rings. The lowest BCUT2D eigenvalue weighted by molar-refractivity contribution is -0.113. The van der Waals surface area contributed by atoms with Crippen LogP contribution in [-0.2, 0) is 17.6 Å². The number of hydrogen-bond donors (Lipinski definition) is 1. The molecular weight excluding hydrogens is 398 g/mol. The van der Waals surface area contributed by atoms with Gasteiger partial charge < -0.3 is 5.32 Å². The van der Waals surface area contributed by atoms with Gasteiger partial charge in [0.15, 0.2) is 0 Å². The van der Waals surface area contributed by atoms with Crippen molar-refractivity contribution in [3.05, 3.63) is 45.6 Å². The van der Waals surface area contributed by atoms with Gasteiger partial charge in [-0.1, -0.05) is 23.9 Å². The Morgan fingerprint density at radius 2 is 2.03 bits per heavy atom. The fraction of sp³-hybridized carbons (Fsp3) is 0.435. The maximum absolute atomic E-state index is 12.7. The third kappa shape index (κ3) is 3.80. The molecule has 2 aliphatic carbocycles. The molecule has 1 N–H and O–H groups in total. The Morgan fingerprint density at radius 3 is 2.86 bits per heavy atom. The molecular formula is C23H25N3OS2. The van der Waals surface area contributed by atoms with Crippen LogP contribution in [0.1, 0.15) is 59.0 Å². The van der Waals surface area contributed by atoms with Crippen LogP contribution in [0.3, 0.4) is 0 Å². The van der Waals surface area contributed by atoms with Gasteiger partial charge in [0.2, 0.25) is 5.91 Å². The number of aromatic nitrogens is 2. The van der Waals surface area contributed by atoms with E-state index in [1.807, 2.05) is 30.4 Å². The zero-order valence-electron chi connectivity index (χ0n) is 16.9. The van der Waals surface area contributed by atoms with Crippen molar-refractivity contribution in [3.63, 3.8) is 0 Å². The lowest BCUT2D eigenvalue weighted by Crippen LogP contribution is -2.15. The Balaban J connectivity index is 1.41. The van der Waals surface area contributed by atoms with E-state index in [9.17, 15) is 4.79 Å². The largest absolute Gasteiger partial charge is 0.325 e. The molecule has 1 amide bonds. The van der Waals surface area contributed by atoms with E-state index in [0.717, 1.165) is 39.8 Å². The molecule has 0 spiro atoms. The molecule has 0 saturated heterocycles. The molecule has 0 aliphatic heterocycles. The average Bonchev–Trinajstić information content (AvgIpc) is 3.50. The summed E-state index contributed by atoms with van der Waals surface area (Å²) < 4.78 is 0. The Morgan fingerprint density at radius 1 is 1.21 bits per heavy atom. The first-order chi connectivity index (χ1) is 14.1. The summed E-state index contributed by atoms with van der Waals surface area (Å²) in [6, 6.07) is 6.02. The van der Waals surface area contributed by atoms with Gasteiger partial charge in [-0.3, -0.25) is 4.79 Å². The zero-order chi connectivity index (χ0) is 20.0. The van der Waals surface area contributed by atoms with Gasteiger partial charge in [-0.25, -0.2) is 9.97 Å². The minimum Gasteiger partial charge on any atom is -0.325 e. The Labute approximate surface area is 179 Å². The van der Waals surface area contributed by atoms with Crippen molar-refractivity contribution in [2.75, 3.05) is 11.1 Å². The molecule has 2 aromatic heterocycles. The molecule has 2 aliphatic rings. The topological polar surface area (TPSA) is 54.9 Å². The number of carbonyl (C=O) groups excluding carboxylic acids is 1. The van der Waals surface area contributed by atoms with Crippen molar-refractivity contribution >= 4 is 44.9 Å². The molecule has 0 radical (unpaired) electrons. The van der Waals surface area contributed by atoms with Crippen LogP contribution in [0.15, 0.2) is 23.2 Å². The summed E-state index contributed by atoms with van der Waals surface area (Å²) in [4.78, 5) is 25.1. The van der Waals surface area contributed by atoms with Crippen LogP contribution in [-0.4, -0.2) is 21.6 Å². The number of nitrogens with zero attached hydrogens (tertiary/aromatic N) is 2. The van der Waals surface area contributed by atoms with E-state index in [0.29, 0.717) is 11.7 Å². The molecule has 0 bridgehead atoms. The highest BCUT2D eigenvalue weighted by molar-refractivity contribution is 8.00. The van der Waals surface area contributed by atoms with Crippen molar-refractivity contribution in [1.82, 2.24) is 9.97 Å². The molecule has 150 valence electrons. The number of anilines is 1. The zero-order valence-corrected chi connectivity index (χ0v) is 18.5. The molecule has 4 nitrogen and oxygen atoms in total. The number of benzene rings is 1. The smallest absolute Gasteiger partial charge is 0.234 e. The second-order valence-electron chi connectivity index (χ2n) is 8.14. The molecule has 29 heavy (non-hydrogen) atoms. The summed E-state index contributed by atoms with van der Waals surface area (Å²) in [6.07, 6.45) is 7.15. The van der Waals surface area contributed by atoms with Crippen molar-refractivity contribution < 1.29 is 4.79 Å². The minimum atomic E-state index is 0.0209. The Bertz CT molecular complexity index is 1100. The van der Waals surface area contributed by atoms with Crippen molar-refractivity contribution in [2.45, 2.75) is 63.3 Å². The standard InChI is InChI=1S/C23H25N3OS2/c1-13-6-5-8-17(14(13)2)24-19(27)12-28-22-20-16-7-3-4-9-18(16)29-23(20)26-21(25-22)15-10-11-15/h5-6,8,15H,3-4,7,9-12H2,1-2H3,(H,24,27). The summed E-state index contributed by atoms with van der Waals surface area (Å²) >= 11 is 3.42. The number of aryl methyl sites for hydroxylation is 3. The normalized spacial score (nSPS) is 16.1. The van der Waals surface area contributed by atoms with E-state index >= 15 is 0 Å². The highest BCUT2D eigenvalue weighted by atomic mass is 32.2. The van der Waals surface area contributed by atoms with Gasteiger partial charge >= 0.3 is 0 Å². The van der Waals surface area contributed by atoms with Gasteiger partial charge in [0.05, 0.1) is 5.75 Å². The van der Waals surface area contributed by atoms with Crippen molar-refractivity contribution in [2.24, 2.45) is 0 Å². The van der Waals surface area contributed by atoms with Crippen LogP contribution < -0.4 is 5.32 Å². The summed E-state index contributed by atoms with van der Waals surface area (Å²) in [5.74, 6) is 1.89. The number of nitrogens with one attached hydrogen (secondary N) is 1. The number of thioether (sulfide) groups is 1. The first-order valence-corrected chi connectivity index (χ1v) is 12.2. The highest BCUT2D eigenvalue weighted by Crippen LogP contribution is 2.44. The molecule has 0 atom stereocenters. The van der Waals surface area contributed by atoms with Gasteiger partial charge in [-0.2, -0.15) is 0 Å². The molecule has 6 heteroatoms. The van der Waals surface area contributed by atoms with Crippen LogP contribution in [0.4, 0.5) is 5.69 Å². The van der Waals surface area contributed by atoms with Crippen molar-refractivity contribution in [3.8, 4) is 0 Å². The molecule has 5 rings (SSSR count). The van der Waals surface area contributed by atoms with Gasteiger partial charge in [0.25, 0.3) is 0 Å². The number of rotatable bonds is 5. The quantitative estimate of drug-likeness (QED) is 0.416. The van der Waals surface area contributed by atoms with E-state index in [2.05, 4.69) is 18.3 Å². The van der Waals surface area contributed by atoms with E-state index < -0.39 is 0 Å². The second kappa shape index (κ2) is 7.73. The van der Waals surface area contributed by atoms with Crippen LogP contribution >= 0.6 is 23.1 Å². The minimum absolute atomic E-state index is 0.0209. The summed E-state index contributed by atoms with van der Waals surface area (Å²) in [5, 5.41) is 5.30. The summed E-state index contributed by atoms with van der Waals surface area (Å²) in [6.45, 7) is 4.11. The number of carbonyl (C=O) groups is 1. The Kier molecular flexibility index (Phi) is 5.08. The molecule has 1 aromatic carbocycles. The third-order valence-corrected chi connectivity index (χ3v) is 8.12. The van der Waals surface area contributed by atoms with Crippen LogP contribution in [0.25, 0.3) is 10.2 Å². The third-order valence-electron chi connectivity index (χ3n) is 5.96. The van der Waals surface area contributed by atoms with Gasteiger partial charge in [-0.15, -0.1) is 11.3 Å². The average molecular weight is 424 g/mol. The van der Waals surface area contributed by atoms with Crippen LogP contribution in [0.2, 0.25) is 0 Å². The van der Waals surface area contributed by atoms with Crippen LogP contribution in [0, 0.1) is 13.8 Å². The number of amides is 1. The van der Waals surface area contributed by atoms with Crippen LogP contribution in [0.5, 0.6) is 0 Å². The van der Waals surface area contributed by atoms with Crippen molar-refractivity contribution in [1.29, 1.82) is 0 Å². The molecule has 3 aromatic rings. The molecule has 0 unspecified atom stereocenters. The molecule has 2 heterocycles. The van der Waals surface area contributed by atoms with E-state index in [4.69, 9.17) is 9.97 Å². The number of thiophene rings is 1. The van der Waals surface area contributed by atoms with Gasteiger partial charge in [-0.05, 0) is 75.1 Å². The second-order valence-corrected chi connectivity index (χ2v) is 10.2. The van der Waals surface area contributed by atoms with E-state index in [1.165, 1.54) is 47.1 Å². The fourth-order valence-electron chi connectivity index (χ4n) is 3.98. The monoisotopic (exact) mass is 423 g/mol. The van der Waals surface area contributed by atoms with Gasteiger partial charge in [0.1, 0.15) is 15.7 Å². The maximum atomic E-state index is 12.7. The number of fused-ring (bicyclic) bond motifs is 3. The summed E-state index contributed by atoms with van der Waals surface area (Å²) in [5.41, 5.74) is 4.65. The SMILES string of the molecule is Cc1cccc(NC(=O)CSc2nc(C3CC3)nc3sc4c(c23)CCCC4)c1C. The summed E-state index contributed by atoms with van der Waals surface area (Å²) in [7, 11) is 0. The predicted octanol–water partition coefficient (Wildman–Crippen LogP) is 5.80. The lowest BCUT2D eigenvalue weighted by Gasteiger charge is -2.13. The first-order valence-electron chi connectivity index (χ1n) is 10.4. The maximum Gasteiger partial charge on any atom is 0.234 e. The van der Waals surface area contributed by atoms with E-state index in [-0.39, 0.29) is 5.91 Å². The lowest BCUT2D eigenvalue weighted by atomic mass is 9.97. The van der Waals surface area contributed by atoms with Gasteiger partial charge in [0, 0.05) is 21.9 Å². The predicted molar refractivity (Wildman–Crippen MR) is 121 cm³/mol. The Hall–Kier alpha value is -1.92. The first kappa shape index (κ1) is 19.1. The molecule has 1 saturated carbocycles. The fourth-order valence-corrected chi connectivity index (χ4v) is 6.17. The number of hydrogen-bond acceptors (Lipinski definition) is 5. The highest BCUT2D eigenvalue weighted by Gasteiger charge is 2.29. The van der Waals surface area contributed by atoms with E-state index in [1.54, 1.807) is 11.8 Å².